The van der Waals surface area contributed by atoms with Crippen LogP contribution in [0.1, 0.15) is 5.56 Å². The average molecular weight is 222 g/mol. The second kappa shape index (κ2) is 5.87. The van der Waals surface area contributed by atoms with E-state index in [2.05, 4.69) is 54.8 Å². The molecule has 0 fully saturated rings. The Morgan fingerprint density at radius 1 is 0.812 bits per heavy atom. The summed E-state index contributed by atoms with van der Waals surface area (Å²) >= 11 is 0. The first-order chi connectivity index (χ1) is 7.58. The predicted molar refractivity (Wildman–Crippen MR) is 72.2 cm³/mol. The highest BCUT2D eigenvalue weighted by Crippen LogP contribution is 1.95. The summed E-state index contributed by atoms with van der Waals surface area (Å²) < 4.78 is 0. The Bertz CT molecular complexity index is 514. The molecule has 0 aromatic heterocycles. The van der Waals surface area contributed by atoms with Gasteiger partial charge in [0.2, 0.25) is 0 Å². The molecule has 1 aromatic rings. The summed E-state index contributed by atoms with van der Waals surface area (Å²) in [6.07, 6.45) is 0. The van der Waals surface area contributed by atoms with Crippen molar-refractivity contribution in [3.63, 3.8) is 0 Å². The van der Waals surface area contributed by atoms with E-state index in [-0.39, 0.29) is 0 Å². The molecule has 0 saturated carbocycles. The van der Waals surface area contributed by atoms with Gasteiger partial charge in [0.1, 0.15) is 8.07 Å². The molecule has 0 radical (unpaired) electrons. The van der Waals surface area contributed by atoms with Crippen molar-refractivity contribution >= 4 is 8.07 Å². The monoisotopic (exact) mass is 222 g/mol. The zero-order valence-corrected chi connectivity index (χ0v) is 10.9. The van der Waals surface area contributed by atoms with Gasteiger partial charge < -0.3 is 0 Å². The molecule has 0 spiro atoms. The Labute approximate surface area is 99.1 Å². The second-order valence-corrected chi connectivity index (χ2v) is 9.12. The lowest BCUT2D eigenvalue weighted by atomic mass is 10.2. The molecule has 0 aliphatic carbocycles. The lowest BCUT2D eigenvalue weighted by molar-refractivity contribution is 1.65. The van der Waals surface area contributed by atoms with Gasteiger partial charge in [-0.1, -0.05) is 43.8 Å². The second-order valence-electron chi connectivity index (χ2n) is 4.37. The fraction of sp³-hybridized carbons (Fsp3) is 0.200. The number of hydrogen-bond donors (Lipinski definition) is 0. The zero-order valence-electron chi connectivity index (χ0n) is 9.89. The molecule has 1 rings (SSSR count). The average Bonchev–Trinajstić information content (AvgIpc) is 2.23. The van der Waals surface area contributed by atoms with E-state index < -0.39 is 8.07 Å². The van der Waals surface area contributed by atoms with Crippen LogP contribution in [0.15, 0.2) is 30.3 Å². The highest BCUT2D eigenvalue weighted by Gasteiger charge is 2.06. The summed E-state index contributed by atoms with van der Waals surface area (Å²) in [5, 5.41) is 0. The number of rotatable bonds is 0. The van der Waals surface area contributed by atoms with Gasteiger partial charge in [0.15, 0.2) is 0 Å². The maximum Gasteiger partial charge on any atom is 0.130 e. The lowest BCUT2D eigenvalue weighted by Gasteiger charge is -2.01. The summed E-state index contributed by atoms with van der Waals surface area (Å²) in [6, 6.07) is 9.81. The van der Waals surface area contributed by atoms with E-state index in [9.17, 15) is 0 Å². The van der Waals surface area contributed by atoms with Gasteiger partial charge in [0, 0.05) is 5.56 Å². The van der Waals surface area contributed by atoms with E-state index in [1.165, 1.54) is 0 Å². The van der Waals surface area contributed by atoms with Gasteiger partial charge in [-0.25, -0.2) is 0 Å². The minimum absolute atomic E-state index is 0.981. The van der Waals surface area contributed by atoms with Gasteiger partial charge in [0.05, 0.1) is 0 Å². The summed E-state index contributed by atoms with van der Waals surface area (Å²) in [4.78, 5) is 0. The predicted octanol–water partition coefficient (Wildman–Crippen LogP) is 2.92. The molecule has 0 saturated heterocycles. The van der Waals surface area contributed by atoms with Crippen LogP contribution in [0.2, 0.25) is 19.6 Å². The molecular formula is C15H14Si. The molecule has 0 nitrogen and oxygen atoms in total. The third-order valence-electron chi connectivity index (χ3n) is 1.61. The summed E-state index contributed by atoms with van der Waals surface area (Å²) in [6.45, 7) is 6.58. The first kappa shape index (κ1) is 12.2. The van der Waals surface area contributed by atoms with E-state index in [0.717, 1.165) is 5.56 Å². The van der Waals surface area contributed by atoms with Gasteiger partial charge in [-0.3, -0.25) is 0 Å². The molecule has 0 amide bonds. The fourth-order valence-corrected chi connectivity index (χ4v) is 1.34. The van der Waals surface area contributed by atoms with Crippen molar-refractivity contribution in [3.05, 3.63) is 35.9 Å². The Hall–Kier alpha value is -1.88. The summed E-state index contributed by atoms with van der Waals surface area (Å²) in [5.41, 5.74) is 4.15. The third kappa shape index (κ3) is 5.76. The van der Waals surface area contributed by atoms with E-state index in [4.69, 9.17) is 0 Å². The SMILES string of the molecule is C[Si](C)(C)C#CC#CC#Cc1ccccc1. The van der Waals surface area contributed by atoms with Gasteiger partial charge in [-0.05, 0) is 35.8 Å². The molecule has 0 aliphatic heterocycles. The van der Waals surface area contributed by atoms with E-state index in [0.29, 0.717) is 0 Å². The van der Waals surface area contributed by atoms with Crippen LogP contribution in [0, 0.1) is 35.1 Å². The smallest absolute Gasteiger partial charge is 0.118 e. The molecule has 78 valence electrons. The van der Waals surface area contributed by atoms with Crippen molar-refractivity contribution in [1.29, 1.82) is 0 Å². The molecule has 0 heterocycles. The van der Waals surface area contributed by atoms with Crippen molar-refractivity contribution in [2.45, 2.75) is 19.6 Å². The van der Waals surface area contributed by atoms with Crippen LogP contribution in [0.25, 0.3) is 0 Å². The molecule has 1 aromatic carbocycles. The highest BCUT2D eigenvalue weighted by atomic mass is 28.3. The Kier molecular flexibility index (Phi) is 4.47. The van der Waals surface area contributed by atoms with Crippen molar-refractivity contribution < 1.29 is 0 Å². The number of benzene rings is 1. The Balaban J connectivity index is 2.62. The van der Waals surface area contributed by atoms with Crippen LogP contribution in [0.4, 0.5) is 0 Å². The van der Waals surface area contributed by atoms with Gasteiger partial charge in [-0.15, -0.1) is 5.54 Å². The van der Waals surface area contributed by atoms with Crippen LogP contribution in [-0.2, 0) is 0 Å². The summed E-state index contributed by atoms with van der Waals surface area (Å²) in [5.74, 6) is 14.1. The molecule has 16 heavy (non-hydrogen) atoms. The highest BCUT2D eigenvalue weighted by molar-refractivity contribution is 6.83. The van der Waals surface area contributed by atoms with Crippen molar-refractivity contribution in [2.75, 3.05) is 0 Å². The molecule has 1 heteroatoms. The van der Waals surface area contributed by atoms with E-state index in [1.54, 1.807) is 0 Å². The standard InChI is InChI=1S/C15H14Si/c1-16(2,3)14-10-5-4-7-11-15-12-8-6-9-13-15/h6,8-9,12-13H,1-3H3. The molecular weight excluding hydrogens is 208 g/mol. The van der Waals surface area contributed by atoms with Crippen molar-refractivity contribution in [2.24, 2.45) is 0 Å². The maximum absolute atomic E-state index is 3.17. The van der Waals surface area contributed by atoms with Crippen LogP contribution in [-0.4, -0.2) is 8.07 Å². The Morgan fingerprint density at radius 2 is 1.44 bits per heavy atom. The zero-order chi connectivity index (χ0) is 11.9. The number of hydrogen-bond acceptors (Lipinski definition) is 0. The van der Waals surface area contributed by atoms with Crippen LogP contribution < -0.4 is 0 Å². The van der Waals surface area contributed by atoms with E-state index in [1.807, 2.05) is 30.3 Å². The van der Waals surface area contributed by atoms with Crippen LogP contribution >= 0.6 is 0 Å². The largest absolute Gasteiger partial charge is 0.130 e. The minimum Gasteiger partial charge on any atom is -0.118 e. The lowest BCUT2D eigenvalue weighted by Crippen LogP contribution is -2.16. The van der Waals surface area contributed by atoms with Crippen LogP contribution in [0.5, 0.6) is 0 Å². The van der Waals surface area contributed by atoms with Crippen LogP contribution in [0.3, 0.4) is 0 Å². The van der Waals surface area contributed by atoms with Crippen molar-refractivity contribution in [1.82, 2.24) is 0 Å². The quantitative estimate of drug-likeness (QED) is 0.468. The van der Waals surface area contributed by atoms with Gasteiger partial charge >= 0.3 is 0 Å². The third-order valence-corrected chi connectivity index (χ3v) is 2.48. The molecule has 0 N–H and O–H groups in total. The summed E-state index contributed by atoms with van der Waals surface area (Å²) in [7, 11) is -1.29. The topological polar surface area (TPSA) is 0 Å². The fourth-order valence-electron chi connectivity index (χ4n) is 0.906. The molecule has 0 bridgehead atoms. The first-order valence-electron chi connectivity index (χ1n) is 5.16. The Morgan fingerprint density at radius 3 is 2.06 bits per heavy atom. The molecule has 0 atom stereocenters. The molecule has 0 aliphatic rings. The van der Waals surface area contributed by atoms with Gasteiger partial charge in [-0.2, -0.15) is 0 Å². The normalized spacial score (nSPS) is 8.69. The first-order valence-corrected chi connectivity index (χ1v) is 8.66. The van der Waals surface area contributed by atoms with E-state index >= 15 is 0 Å². The van der Waals surface area contributed by atoms with Gasteiger partial charge in [0.25, 0.3) is 0 Å². The minimum atomic E-state index is -1.29. The maximum atomic E-state index is 3.17. The van der Waals surface area contributed by atoms with Crippen molar-refractivity contribution in [3.8, 4) is 35.1 Å². The molecule has 0 unspecified atom stereocenters.